The van der Waals surface area contributed by atoms with Crippen molar-refractivity contribution in [1.82, 2.24) is 14.7 Å². The summed E-state index contributed by atoms with van der Waals surface area (Å²) in [7, 11) is 1.96. The van der Waals surface area contributed by atoms with Gasteiger partial charge >= 0.3 is 5.97 Å². The van der Waals surface area contributed by atoms with E-state index >= 15 is 0 Å². The highest BCUT2D eigenvalue weighted by Gasteiger charge is 2.59. The number of fused-ring (bicyclic) bond motifs is 2. The number of hydrogen-bond acceptors (Lipinski definition) is 8. The first-order chi connectivity index (χ1) is 21.0. The van der Waals surface area contributed by atoms with Crippen LogP contribution in [0, 0.1) is 22.7 Å². The number of aliphatic hydroxyl groups is 2. The van der Waals surface area contributed by atoms with Crippen LogP contribution in [0.2, 0.25) is 0 Å². The molecule has 2 N–H and O–H groups in total. The predicted molar refractivity (Wildman–Crippen MR) is 167 cm³/mol. The Morgan fingerprint density at radius 2 is 1.95 bits per heavy atom. The van der Waals surface area contributed by atoms with Gasteiger partial charge in [0.15, 0.2) is 0 Å². The summed E-state index contributed by atoms with van der Waals surface area (Å²) in [6.07, 6.45) is 15.6. The number of esters is 1. The Kier molecular flexibility index (Phi) is 8.39. The van der Waals surface area contributed by atoms with Gasteiger partial charge in [-0.05, 0) is 67.9 Å². The minimum absolute atomic E-state index is 0.0557. The Bertz CT molecular complexity index is 1360. The molecule has 2 saturated heterocycles. The van der Waals surface area contributed by atoms with Gasteiger partial charge in [0.25, 0.3) is 0 Å². The van der Waals surface area contributed by atoms with Crippen molar-refractivity contribution in [3.8, 4) is 0 Å². The van der Waals surface area contributed by atoms with Crippen molar-refractivity contribution in [3.05, 3.63) is 71.7 Å². The Labute approximate surface area is 260 Å². The van der Waals surface area contributed by atoms with Gasteiger partial charge in [0, 0.05) is 36.7 Å². The largest absolute Gasteiger partial charge is 0.423 e. The van der Waals surface area contributed by atoms with Crippen LogP contribution in [0.1, 0.15) is 46.5 Å². The zero-order chi connectivity index (χ0) is 31.4. The van der Waals surface area contributed by atoms with Gasteiger partial charge in [-0.3, -0.25) is 19.5 Å². The standard InChI is InChI=1S/C35H47N3O6/c1-6-27-32(41)38-20-23(7-10-31(38)36(27)5)17-25-18-24(33(42)44-25)8-9-26-22(2)28(37-13-15-43-16-14-37)19-29-34(26,3)12-11-30(40)35(29,4)21-39/h7-10,17-18,20,26-31,39-40H,2,6,11-16,19,21H2,1,3-5H3/t26?,27?,28?,29?,30-,31?,34-,35+/m1/s1. The van der Waals surface area contributed by atoms with Crippen molar-refractivity contribution in [2.24, 2.45) is 22.7 Å². The SMILES string of the molecule is C=C1C(N2CCOCC2)CC2[C@](C)(CC[C@@H](O)[C@@]2(C)CO)C1C=CC1=CC(=CC2=CN3C(=O)C(CC)N(C)C3C=C2)OC1=O. The van der Waals surface area contributed by atoms with Gasteiger partial charge in [0.05, 0.1) is 37.5 Å². The quantitative estimate of drug-likeness (QED) is 0.352. The molecule has 4 aliphatic heterocycles. The topological polar surface area (TPSA) is 103 Å². The van der Waals surface area contributed by atoms with Crippen LogP contribution in [0.25, 0.3) is 0 Å². The fourth-order valence-corrected chi connectivity index (χ4v) is 8.82. The predicted octanol–water partition coefficient (Wildman–Crippen LogP) is 3.29. The maximum Gasteiger partial charge on any atom is 0.343 e. The number of allylic oxidation sites excluding steroid dienone is 5. The molecule has 1 amide bonds. The number of nitrogens with zero attached hydrogens (tertiary/aromatic N) is 3. The van der Waals surface area contributed by atoms with E-state index < -0.39 is 17.5 Å². The van der Waals surface area contributed by atoms with Crippen LogP contribution >= 0.6 is 0 Å². The number of amides is 1. The molecule has 0 radical (unpaired) electrons. The van der Waals surface area contributed by atoms with E-state index in [1.165, 1.54) is 0 Å². The number of likely N-dealkylation sites (N-methyl/N-ethyl adjacent to an activating group) is 1. The summed E-state index contributed by atoms with van der Waals surface area (Å²) in [6, 6.07) is -0.0494. The molecule has 0 aromatic heterocycles. The molecule has 2 aliphatic carbocycles. The molecule has 9 heteroatoms. The first-order valence-corrected chi connectivity index (χ1v) is 16.1. The van der Waals surface area contributed by atoms with Crippen LogP contribution in [0.5, 0.6) is 0 Å². The fraction of sp³-hybridized carbons (Fsp3) is 0.600. The second kappa shape index (κ2) is 11.8. The van der Waals surface area contributed by atoms with Crippen LogP contribution < -0.4 is 0 Å². The third-order valence-corrected chi connectivity index (χ3v) is 11.5. The molecular formula is C35H47N3O6. The molecular weight excluding hydrogens is 558 g/mol. The fourth-order valence-electron chi connectivity index (χ4n) is 8.82. The third kappa shape index (κ3) is 5.07. The van der Waals surface area contributed by atoms with Gasteiger partial charge < -0.3 is 19.7 Å². The molecule has 6 rings (SSSR count). The summed E-state index contributed by atoms with van der Waals surface area (Å²) in [5.41, 5.74) is 1.49. The molecule has 0 aromatic rings. The molecule has 238 valence electrons. The minimum atomic E-state index is -0.630. The van der Waals surface area contributed by atoms with Gasteiger partial charge in [-0.2, -0.15) is 0 Å². The Morgan fingerprint density at radius 1 is 1.20 bits per heavy atom. The van der Waals surface area contributed by atoms with E-state index in [9.17, 15) is 19.8 Å². The van der Waals surface area contributed by atoms with Crippen molar-refractivity contribution in [2.45, 2.75) is 70.8 Å². The molecule has 6 aliphatic rings. The summed E-state index contributed by atoms with van der Waals surface area (Å²) in [4.78, 5) is 32.1. The third-order valence-electron chi connectivity index (χ3n) is 11.5. The monoisotopic (exact) mass is 605 g/mol. The van der Waals surface area contributed by atoms with E-state index in [4.69, 9.17) is 9.47 Å². The molecule has 0 bridgehead atoms. The van der Waals surface area contributed by atoms with Crippen molar-refractivity contribution >= 4 is 11.9 Å². The Hall–Kier alpha value is -2.82. The van der Waals surface area contributed by atoms with E-state index in [0.717, 1.165) is 43.5 Å². The molecule has 5 unspecified atom stereocenters. The highest BCUT2D eigenvalue weighted by molar-refractivity contribution is 5.95. The highest BCUT2D eigenvalue weighted by Crippen LogP contribution is 2.62. The molecule has 4 heterocycles. The number of hydrogen-bond donors (Lipinski definition) is 2. The lowest BCUT2D eigenvalue weighted by atomic mass is 9.45. The number of morpholine rings is 1. The molecule has 4 fully saturated rings. The van der Waals surface area contributed by atoms with Crippen LogP contribution in [0.15, 0.2) is 71.7 Å². The summed E-state index contributed by atoms with van der Waals surface area (Å²) in [5, 5.41) is 21.7. The zero-order valence-corrected chi connectivity index (χ0v) is 26.4. The van der Waals surface area contributed by atoms with Crippen LogP contribution in [-0.4, -0.2) is 101 Å². The van der Waals surface area contributed by atoms with E-state index in [1.54, 1.807) is 17.1 Å². The number of aliphatic hydroxyl groups excluding tert-OH is 2. The zero-order valence-electron chi connectivity index (χ0n) is 26.4. The minimum Gasteiger partial charge on any atom is -0.423 e. The normalized spacial score (nSPS) is 40.8. The van der Waals surface area contributed by atoms with E-state index in [2.05, 4.69) is 29.4 Å². The van der Waals surface area contributed by atoms with Crippen molar-refractivity contribution in [3.63, 3.8) is 0 Å². The Morgan fingerprint density at radius 3 is 2.66 bits per heavy atom. The first-order valence-electron chi connectivity index (χ1n) is 16.1. The molecule has 0 aromatic carbocycles. The van der Waals surface area contributed by atoms with Crippen LogP contribution in [0.3, 0.4) is 0 Å². The summed E-state index contributed by atoms with van der Waals surface area (Å²) in [6.45, 7) is 13.8. The number of carbonyl (C=O) groups excluding carboxylic acids is 2. The number of cyclic esters (lactones) is 1. The second-order valence-corrected chi connectivity index (χ2v) is 13.9. The van der Waals surface area contributed by atoms with Crippen LogP contribution in [0.4, 0.5) is 0 Å². The molecule has 44 heavy (non-hydrogen) atoms. The van der Waals surface area contributed by atoms with Crippen molar-refractivity contribution in [1.29, 1.82) is 0 Å². The lowest BCUT2D eigenvalue weighted by Crippen LogP contribution is -2.61. The first kappa shape index (κ1) is 31.2. The van der Waals surface area contributed by atoms with Gasteiger partial charge in [-0.15, -0.1) is 0 Å². The average molecular weight is 606 g/mol. The number of rotatable bonds is 6. The Balaban J connectivity index is 1.27. The van der Waals surface area contributed by atoms with E-state index in [1.807, 2.05) is 45.3 Å². The average Bonchev–Trinajstić information content (AvgIpc) is 3.49. The lowest BCUT2D eigenvalue weighted by Gasteiger charge is -2.62. The second-order valence-electron chi connectivity index (χ2n) is 13.9. The molecule has 9 nitrogen and oxygen atoms in total. The van der Waals surface area contributed by atoms with E-state index in [0.29, 0.717) is 31.0 Å². The highest BCUT2D eigenvalue weighted by atomic mass is 16.5. The molecule has 0 spiro atoms. The molecule has 8 atom stereocenters. The van der Waals surface area contributed by atoms with Crippen molar-refractivity contribution < 1.29 is 29.3 Å². The van der Waals surface area contributed by atoms with Crippen molar-refractivity contribution in [2.75, 3.05) is 40.0 Å². The lowest BCUT2D eigenvalue weighted by molar-refractivity contribution is -0.156. The molecule has 2 saturated carbocycles. The number of ether oxygens (including phenoxy) is 2. The van der Waals surface area contributed by atoms with E-state index in [-0.39, 0.29) is 48.0 Å². The maximum absolute atomic E-state index is 13.0. The summed E-state index contributed by atoms with van der Waals surface area (Å²) >= 11 is 0. The maximum atomic E-state index is 13.0. The van der Waals surface area contributed by atoms with Gasteiger partial charge in [-0.25, -0.2) is 4.79 Å². The summed E-state index contributed by atoms with van der Waals surface area (Å²) in [5.74, 6) is 0.0959. The number of carbonyl (C=O) groups is 2. The van der Waals surface area contributed by atoms with Gasteiger partial charge in [0.2, 0.25) is 5.91 Å². The van der Waals surface area contributed by atoms with Crippen LogP contribution in [-0.2, 0) is 19.1 Å². The van der Waals surface area contributed by atoms with Gasteiger partial charge in [0.1, 0.15) is 11.9 Å². The summed E-state index contributed by atoms with van der Waals surface area (Å²) < 4.78 is 11.3. The van der Waals surface area contributed by atoms with Gasteiger partial charge in [-0.1, -0.05) is 51.2 Å². The smallest absolute Gasteiger partial charge is 0.343 e.